The molecule has 0 aromatic heterocycles. The van der Waals surface area contributed by atoms with Crippen molar-refractivity contribution in [2.24, 2.45) is 5.92 Å². The molecule has 0 aliphatic carbocycles. The van der Waals surface area contributed by atoms with E-state index < -0.39 is 11.9 Å². The van der Waals surface area contributed by atoms with E-state index in [0.29, 0.717) is 18.7 Å². The number of rotatable bonds is 2. The van der Waals surface area contributed by atoms with E-state index >= 15 is 0 Å². The van der Waals surface area contributed by atoms with Crippen molar-refractivity contribution in [3.8, 4) is 6.07 Å². The number of anilines is 1. The number of aliphatic carboxylic acids is 1. The first-order chi connectivity index (χ1) is 8.70. The highest BCUT2D eigenvalue weighted by Gasteiger charge is 2.23. The first-order valence-corrected chi connectivity index (χ1v) is 5.89. The molecule has 1 heterocycles. The van der Waals surface area contributed by atoms with Crippen LogP contribution in [-0.2, 0) is 4.79 Å². The Kier molecular flexibility index (Phi) is 3.80. The highest BCUT2D eigenvalue weighted by atomic mass is 16.4. The maximum atomic E-state index is 11.1. The summed E-state index contributed by atoms with van der Waals surface area (Å²) in [6.07, 6.45) is 0. The summed E-state index contributed by atoms with van der Waals surface area (Å²) in [4.78, 5) is 13.1. The van der Waals surface area contributed by atoms with Crippen LogP contribution in [0.4, 0.5) is 5.69 Å². The highest BCUT2D eigenvalue weighted by molar-refractivity contribution is 5.71. The molecular weight excluding hydrogens is 230 g/mol. The molecule has 1 aromatic rings. The van der Waals surface area contributed by atoms with Gasteiger partial charge >= 0.3 is 5.97 Å². The predicted octanol–water partition coefficient (Wildman–Crippen LogP) is 0.669. The van der Waals surface area contributed by atoms with Gasteiger partial charge in [-0.3, -0.25) is 4.79 Å². The minimum absolute atomic E-state index is 0.418. The SMILES string of the molecule is N#Cc1cccc(N2CCNCC(C(=O)O)C2)c1. The van der Waals surface area contributed by atoms with Crippen molar-refractivity contribution in [1.82, 2.24) is 5.32 Å². The molecule has 5 heteroatoms. The van der Waals surface area contributed by atoms with Gasteiger partial charge in [-0.1, -0.05) is 6.07 Å². The van der Waals surface area contributed by atoms with Crippen LogP contribution < -0.4 is 10.2 Å². The van der Waals surface area contributed by atoms with Crippen LogP contribution in [-0.4, -0.2) is 37.3 Å². The van der Waals surface area contributed by atoms with Gasteiger partial charge in [-0.25, -0.2) is 0 Å². The Hall–Kier alpha value is -2.06. The molecule has 1 atom stereocenters. The number of hydrogen-bond acceptors (Lipinski definition) is 4. The molecular formula is C13H15N3O2. The third-order valence-corrected chi connectivity index (χ3v) is 3.08. The number of hydrogen-bond donors (Lipinski definition) is 2. The lowest BCUT2D eigenvalue weighted by Crippen LogP contribution is -2.33. The van der Waals surface area contributed by atoms with Gasteiger partial charge in [0.15, 0.2) is 0 Å². The number of benzene rings is 1. The molecule has 18 heavy (non-hydrogen) atoms. The van der Waals surface area contributed by atoms with Gasteiger partial charge in [0.1, 0.15) is 0 Å². The number of carboxylic acids is 1. The van der Waals surface area contributed by atoms with E-state index in [4.69, 9.17) is 10.4 Å². The van der Waals surface area contributed by atoms with Gasteiger partial charge < -0.3 is 15.3 Å². The molecule has 1 aliphatic rings. The van der Waals surface area contributed by atoms with Crippen LogP contribution in [0, 0.1) is 17.2 Å². The minimum Gasteiger partial charge on any atom is -0.481 e. The lowest BCUT2D eigenvalue weighted by Gasteiger charge is -2.24. The number of nitrogens with zero attached hydrogens (tertiary/aromatic N) is 2. The zero-order valence-corrected chi connectivity index (χ0v) is 9.97. The Balaban J connectivity index is 2.20. The maximum absolute atomic E-state index is 11.1. The monoisotopic (exact) mass is 245 g/mol. The van der Waals surface area contributed by atoms with Crippen LogP contribution in [0.2, 0.25) is 0 Å². The molecule has 1 aliphatic heterocycles. The van der Waals surface area contributed by atoms with E-state index in [-0.39, 0.29) is 0 Å². The van der Waals surface area contributed by atoms with Crippen LogP contribution >= 0.6 is 0 Å². The number of nitriles is 1. The second kappa shape index (κ2) is 5.52. The lowest BCUT2D eigenvalue weighted by atomic mass is 10.1. The van der Waals surface area contributed by atoms with Gasteiger partial charge in [0.25, 0.3) is 0 Å². The third-order valence-electron chi connectivity index (χ3n) is 3.08. The third kappa shape index (κ3) is 2.79. The first kappa shape index (κ1) is 12.4. The van der Waals surface area contributed by atoms with Crippen molar-refractivity contribution in [1.29, 1.82) is 5.26 Å². The molecule has 0 spiro atoms. The Labute approximate surface area is 106 Å². The van der Waals surface area contributed by atoms with Crippen molar-refractivity contribution in [3.05, 3.63) is 29.8 Å². The molecule has 1 fully saturated rings. The Morgan fingerprint density at radius 1 is 1.56 bits per heavy atom. The van der Waals surface area contributed by atoms with Crippen molar-refractivity contribution in [2.75, 3.05) is 31.1 Å². The van der Waals surface area contributed by atoms with Crippen molar-refractivity contribution < 1.29 is 9.90 Å². The topological polar surface area (TPSA) is 76.4 Å². The molecule has 1 saturated heterocycles. The summed E-state index contributed by atoms with van der Waals surface area (Å²) < 4.78 is 0. The largest absolute Gasteiger partial charge is 0.481 e. The highest BCUT2D eigenvalue weighted by Crippen LogP contribution is 2.18. The summed E-state index contributed by atoms with van der Waals surface area (Å²) >= 11 is 0. The maximum Gasteiger partial charge on any atom is 0.309 e. The zero-order valence-electron chi connectivity index (χ0n) is 9.97. The molecule has 94 valence electrons. The van der Waals surface area contributed by atoms with Crippen molar-refractivity contribution in [3.63, 3.8) is 0 Å². The van der Waals surface area contributed by atoms with E-state index in [2.05, 4.69) is 11.4 Å². The molecule has 2 N–H and O–H groups in total. The Morgan fingerprint density at radius 2 is 2.39 bits per heavy atom. The summed E-state index contributed by atoms with van der Waals surface area (Å²) in [6, 6.07) is 9.37. The van der Waals surface area contributed by atoms with Gasteiger partial charge in [-0.2, -0.15) is 5.26 Å². The molecule has 1 aromatic carbocycles. The number of nitrogens with one attached hydrogen (secondary N) is 1. The van der Waals surface area contributed by atoms with Crippen LogP contribution in [0.1, 0.15) is 5.56 Å². The van der Waals surface area contributed by atoms with Gasteiger partial charge in [0, 0.05) is 31.9 Å². The fourth-order valence-corrected chi connectivity index (χ4v) is 2.08. The van der Waals surface area contributed by atoms with Crippen molar-refractivity contribution >= 4 is 11.7 Å². The standard InChI is InChI=1S/C13H15N3O2/c14-7-10-2-1-3-12(6-10)16-5-4-15-8-11(9-16)13(17)18/h1-3,6,11,15H,4-5,8-9H2,(H,17,18). The molecule has 0 amide bonds. The summed E-state index contributed by atoms with van der Waals surface area (Å²) in [7, 11) is 0. The summed E-state index contributed by atoms with van der Waals surface area (Å²) in [5, 5.41) is 21.1. The fourth-order valence-electron chi connectivity index (χ4n) is 2.08. The Morgan fingerprint density at radius 3 is 3.11 bits per heavy atom. The van der Waals surface area contributed by atoms with Gasteiger partial charge in [0.05, 0.1) is 17.6 Å². The molecule has 5 nitrogen and oxygen atoms in total. The van der Waals surface area contributed by atoms with E-state index in [0.717, 1.165) is 18.8 Å². The van der Waals surface area contributed by atoms with E-state index in [9.17, 15) is 4.79 Å². The molecule has 0 radical (unpaired) electrons. The number of carbonyl (C=O) groups is 1. The van der Waals surface area contributed by atoms with Gasteiger partial charge in [-0.15, -0.1) is 0 Å². The average molecular weight is 245 g/mol. The molecule has 0 saturated carbocycles. The lowest BCUT2D eigenvalue weighted by molar-refractivity contribution is -0.141. The van der Waals surface area contributed by atoms with E-state index in [1.807, 2.05) is 17.0 Å². The second-order valence-electron chi connectivity index (χ2n) is 4.35. The van der Waals surface area contributed by atoms with Gasteiger partial charge in [0.2, 0.25) is 0 Å². The van der Waals surface area contributed by atoms with Crippen molar-refractivity contribution in [2.45, 2.75) is 0 Å². The summed E-state index contributed by atoms with van der Waals surface area (Å²) in [5.41, 5.74) is 1.50. The predicted molar refractivity (Wildman–Crippen MR) is 67.4 cm³/mol. The Bertz CT molecular complexity index is 481. The smallest absolute Gasteiger partial charge is 0.309 e. The summed E-state index contributed by atoms with van der Waals surface area (Å²) in [6.45, 7) is 2.46. The quantitative estimate of drug-likeness (QED) is 0.800. The fraction of sp³-hybridized carbons (Fsp3) is 0.385. The second-order valence-corrected chi connectivity index (χ2v) is 4.35. The molecule has 1 unspecified atom stereocenters. The van der Waals surface area contributed by atoms with Crippen LogP contribution in [0.5, 0.6) is 0 Å². The van der Waals surface area contributed by atoms with E-state index in [1.165, 1.54) is 0 Å². The normalized spacial score (nSPS) is 19.9. The van der Waals surface area contributed by atoms with Crippen LogP contribution in [0.3, 0.4) is 0 Å². The van der Waals surface area contributed by atoms with Gasteiger partial charge in [-0.05, 0) is 18.2 Å². The molecule has 2 rings (SSSR count). The van der Waals surface area contributed by atoms with Crippen LogP contribution in [0.15, 0.2) is 24.3 Å². The first-order valence-electron chi connectivity index (χ1n) is 5.89. The summed E-state index contributed by atoms with van der Waals surface area (Å²) in [5.74, 6) is -1.20. The van der Waals surface area contributed by atoms with E-state index in [1.54, 1.807) is 12.1 Å². The number of carboxylic acid groups (broad SMARTS) is 1. The minimum atomic E-state index is -0.786. The zero-order chi connectivity index (χ0) is 13.0. The van der Waals surface area contributed by atoms with Crippen LogP contribution in [0.25, 0.3) is 0 Å². The average Bonchev–Trinajstić information content (AvgIpc) is 2.64. The molecule has 0 bridgehead atoms.